The Morgan fingerprint density at radius 3 is 1.81 bits per heavy atom. The van der Waals surface area contributed by atoms with Crippen LogP contribution in [0.3, 0.4) is 0 Å². The van der Waals surface area contributed by atoms with Gasteiger partial charge in [-0.15, -0.1) is 16.9 Å². The molecular formula is C35H47N9O12S. The summed E-state index contributed by atoms with van der Waals surface area (Å²) in [6.45, 7) is 1.27. The number of aliphatic hydroxyl groups excluding tert-OH is 2. The standard InChI is InChI=1S/C35H47N9O12S/c1-22-15-43(28-14-26(46)27(20-45)57-28)35(56)44(33(22)53)21-42-16-25(36-37-42)23-2-4-24(5-3-23)32(34(54)55)41-12-10-39(18-30(49)50)8-6-38(17-29(47)48)7-9-40(11-13-41)19-31(51)52/h2-5,15-16,26-28,32,45-46H,6-14,17-21H2,1H3,(H,47,48)(H,49,50)(H,51,52)(H,54,55). The molecule has 0 spiro atoms. The Morgan fingerprint density at radius 1 is 0.807 bits per heavy atom. The van der Waals surface area contributed by atoms with E-state index in [9.17, 15) is 59.4 Å². The molecule has 0 bridgehead atoms. The van der Waals surface area contributed by atoms with E-state index >= 15 is 0 Å². The molecule has 6 N–H and O–H groups in total. The molecule has 310 valence electrons. The summed E-state index contributed by atoms with van der Waals surface area (Å²) in [5.41, 5.74) is 0.455. The summed E-state index contributed by atoms with van der Waals surface area (Å²) in [6.07, 6.45) is 2.38. The zero-order valence-electron chi connectivity index (χ0n) is 31.2. The number of aromatic nitrogens is 5. The van der Waals surface area contributed by atoms with Crippen molar-refractivity contribution in [3.63, 3.8) is 0 Å². The molecule has 0 amide bonds. The van der Waals surface area contributed by atoms with E-state index in [1.165, 1.54) is 33.4 Å². The zero-order chi connectivity index (χ0) is 41.4. The quantitative estimate of drug-likeness (QED) is 0.103. The van der Waals surface area contributed by atoms with Crippen LogP contribution in [0, 0.1) is 6.92 Å². The number of aryl methyl sites for hydroxylation is 1. The topological polar surface area (TPSA) is 277 Å². The number of rotatable bonds is 14. The van der Waals surface area contributed by atoms with Crippen LogP contribution in [-0.4, -0.2) is 188 Å². The number of aliphatic carboxylic acids is 4. The predicted octanol–water partition coefficient (Wildman–Crippen LogP) is -1.96. The highest BCUT2D eigenvalue weighted by molar-refractivity contribution is 8.00. The molecule has 0 aliphatic carbocycles. The normalized spacial score (nSPS) is 21.4. The number of hydrogen-bond acceptors (Lipinski definition) is 15. The summed E-state index contributed by atoms with van der Waals surface area (Å²) >= 11 is 1.25. The van der Waals surface area contributed by atoms with Gasteiger partial charge in [-0.2, -0.15) is 0 Å². The first kappa shape index (κ1) is 43.2. The molecule has 3 aromatic rings. The molecule has 2 aliphatic heterocycles. The Balaban J connectivity index is 1.36. The third-order valence-corrected chi connectivity index (χ3v) is 11.5. The molecule has 21 nitrogen and oxygen atoms in total. The molecule has 2 aliphatic rings. The number of carboxylic acid groups (broad SMARTS) is 4. The maximum Gasteiger partial charge on any atom is 0.333 e. The average Bonchev–Trinajstić information content (AvgIpc) is 3.78. The van der Waals surface area contributed by atoms with Crippen molar-refractivity contribution in [1.82, 2.24) is 43.7 Å². The lowest BCUT2D eigenvalue weighted by Crippen LogP contribution is -2.49. The molecule has 1 aromatic carbocycles. The number of carbonyl (C=O) groups is 4. The largest absolute Gasteiger partial charge is 0.480 e. The van der Waals surface area contributed by atoms with Crippen molar-refractivity contribution >= 4 is 35.6 Å². The molecule has 22 heteroatoms. The number of thioether (sulfide) groups is 1. The van der Waals surface area contributed by atoms with Crippen molar-refractivity contribution in [3.05, 3.63) is 68.6 Å². The van der Waals surface area contributed by atoms with Crippen molar-refractivity contribution in [3.8, 4) is 11.3 Å². The van der Waals surface area contributed by atoms with Gasteiger partial charge in [0.05, 0.1) is 49.2 Å². The van der Waals surface area contributed by atoms with Gasteiger partial charge in [0.2, 0.25) is 0 Å². The monoisotopic (exact) mass is 817 g/mol. The Hall–Kier alpha value is -4.97. The maximum atomic E-state index is 13.5. The van der Waals surface area contributed by atoms with Gasteiger partial charge in [0.15, 0.2) is 0 Å². The van der Waals surface area contributed by atoms with Gasteiger partial charge in [0.1, 0.15) is 18.4 Å². The van der Waals surface area contributed by atoms with E-state index in [2.05, 4.69) is 10.3 Å². The molecule has 4 heterocycles. The van der Waals surface area contributed by atoms with E-state index in [4.69, 9.17) is 0 Å². The van der Waals surface area contributed by atoms with Gasteiger partial charge >= 0.3 is 29.6 Å². The van der Waals surface area contributed by atoms with Crippen LogP contribution in [0.4, 0.5) is 0 Å². The fraction of sp³-hybridized carbons (Fsp3) is 0.543. The lowest BCUT2D eigenvalue weighted by molar-refractivity contribution is -0.145. The van der Waals surface area contributed by atoms with Crippen molar-refractivity contribution in [2.45, 2.75) is 42.8 Å². The highest BCUT2D eigenvalue weighted by Crippen LogP contribution is 2.40. The fourth-order valence-electron chi connectivity index (χ4n) is 6.99. The lowest BCUT2D eigenvalue weighted by atomic mass is 10.0. The van der Waals surface area contributed by atoms with Gasteiger partial charge in [-0.1, -0.05) is 29.5 Å². The lowest BCUT2D eigenvalue weighted by Gasteiger charge is -2.35. The Labute approximate surface area is 329 Å². The SMILES string of the molecule is Cc1cn(C2CC(O)C(CO)S2)c(=O)n(Cn2cc(-c3ccc(C(C(=O)O)N4CCN(CC(=O)O)CCN(CC(=O)O)CCN(CC(=O)O)CC4)cc3)nn2)c1=O. The summed E-state index contributed by atoms with van der Waals surface area (Å²) in [7, 11) is 0. The molecule has 57 heavy (non-hydrogen) atoms. The molecule has 4 atom stereocenters. The van der Waals surface area contributed by atoms with Crippen LogP contribution in [0.25, 0.3) is 11.3 Å². The van der Waals surface area contributed by atoms with Crippen molar-refractivity contribution in [2.75, 3.05) is 78.6 Å². The average molecular weight is 818 g/mol. The van der Waals surface area contributed by atoms with Crippen LogP contribution in [0.5, 0.6) is 0 Å². The number of carboxylic acids is 4. The predicted molar refractivity (Wildman–Crippen MR) is 203 cm³/mol. The smallest absolute Gasteiger partial charge is 0.333 e. The van der Waals surface area contributed by atoms with Crippen LogP contribution in [-0.2, 0) is 25.8 Å². The second-order valence-corrected chi connectivity index (χ2v) is 15.5. The third kappa shape index (κ3) is 11.3. The van der Waals surface area contributed by atoms with Gasteiger partial charge in [0, 0.05) is 76.1 Å². The van der Waals surface area contributed by atoms with Crippen LogP contribution in [0.1, 0.15) is 29.0 Å². The zero-order valence-corrected chi connectivity index (χ0v) is 32.1. The minimum absolute atomic E-state index is 0.0994. The van der Waals surface area contributed by atoms with Gasteiger partial charge in [-0.25, -0.2) is 14.0 Å². The summed E-state index contributed by atoms with van der Waals surface area (Å²) in [4.78, 5) is 80.8. The minimum atomic E-state index is -1.21. The molecular weight excluding hydrogens is 771 g/mol. The number of benzene rings is 1. The van der Waals surface area contributed by atoms with Crippen LogP contribution < -0.4 is 11.2 Å². The second kappa shape index (κ2) is 19.5. The first-order valence-corrected chi connectivity index (χ1v) is 19.1. The summed E-state index contributed by atoms with van der Waals surface area (Å²) in [5, 5.41) is 66.2. The van der Waals surface area contributed by atoms with Crippen LogP contribution in [0.2, 0.25) is 0 Å². The first-order chi connectivity index (χ1) is 27.1. The van der Waals surface area contributed by atoms with Crippen LogP contribution in [0.15, 0.2) is 46.2 Å². The van der Waals surface area contributed by atoms with Gasteiger partial charge in [-0.3, -0.25) is 48.1 Å². The number of hydrogen-bond donors (Lipinski definition) is 6. The molecule has 2 fully saturated rings. The highest BCUT2D eigenvalue weighted by Gasteiger charge is 2.35. The molecule has 0 saturated carbocycles. The number of aliphatic hydroxyl groups is 2. The molecule has 0 radical (unpaired) electrons. The van der Waals surface area contributed by atoms with E-state index in [1.54, 1.807) is 50.8 Å². The fourth-order valence-corrected chi connectivity index (χ4v) is 8.36. The molecule has 4 unspecified atom stereocenters. The Morgan fingerprint density at radius 2 is 1.33 bits per heavy atom. The molecule has 5 rings (SSSR count). The molecule has 2 aromatic heterocycles. The minimum Gasteiger partial charge on any atom is -0.480 e. The van der Waals surface area contributed by atoms with Gasteiger partial charge < -0.3 is 30.6 Å². The van der Waals surface area contributed by atoms with Gasteiger partial charge in [0.25, 0.3) is 5.56 Å². The third-order valence-electron chi connectivity index (χ3n) is 9.96. The maximum absolute atomic E-state index is 13.5. The Kier molecular flexibility index (Phi) is 14.7. The summed E-state index contributed by atoms with van der Waals surface area (Å²) in [5.74, 6) is -4.46. The van der Waals surface area contributed by atoms with E-state index < -0.39 is 57.9 Å². The van der Waals surface area contributed by atoms with Crippen molar-refractivity contribution < 1.29 is 49.8 Å². The van der Waals surface area contributed by atoms with Crippen LogP contribution >= 0.6 is 11.8 Å². The van der Waals surface area contributed by atoms with Crippen molar-refractivity contribution in [1.29, 1.82) is 0 Å². The molecule has 2 saturated heterocycles. The second-order valence-electron chi connectivity index (χ2n) is 14.0. The van der Waals surface area contributed by atoms with E-state index in [-0.39, 0.29) is 91.7 Å². The van der Waals surface area contributed by atoms with E-state index in [1.807, 2.05) is 0 Å². The van der Waals surface area contributed by atoms with Crippen molar-refractivity contribution in [2.24, 2.45) is 0 Å². The van der Waals surface area contributed by atoms with E-state index in [0.29, 0.717) is 22.4 Å². The van der Waals surface area contributed by atoms with Gasteiger partial charge in [-0.05, 0) is 12.5 Å². The highest BCUT2D eigenvalue weighted by atomic mass is 32.2. The first-order valence-electron chi connectivity index (χ1n) is 18.2. The summed E-state index contributed by atoms with van der Waals surface area (Å²) < 4.78 is 3.69. The summed E-state index contributed by atoms with van der Waals surface area (Å²) in [6, 6.07) is 5.29. The Bertz CT molecular complexity index is 1990. The van der Waals surface area contributed by atoms with E-state index in [0.717, 1.165) is 4.57 Å². The number of nitrogens with zero attached hydrogens (tertiary/aromatic N) is 9.